The first-order valence-electron chi connectivity index (χ1n) is 5.69. The van der Waals surface area contributed by atoms with Gasteiger partial charge in [0.2, 0.25) is 0 Å². The van der Waals surface area contributed by atoms with Crippen LogP contribution in [0.1, 0.15) is 31.9 Å². The van der Waals surface area contributed by atoms with Gasteiger partial charge >= 0.3 is 0 Å². The zero-order chi connectivity index (χ0) is 12.8. The molecular weight excluding hydrogens is 219 g/mol. The van der Waals surface area contributed by atoms with Gasteiger partial charge in [-0.3, -0.25) is 0 Å². The number of aliphatic hydroxyl groups excluding tert-OH is 1. The zero-order valence-corrected chi connectivity index (χ0v) is 10.2. The number of anilines is 1. The van der Waals surface area contributed by atoms with Crippen molar-refractivity contribution in [3.05, 3.63) is 29.6 Å². The molecular formula is C13H17FN2O. The lowest BCUT2D eigenvalue weighted by Gasteiger charge is -2.23. The van der Waals surface area contributed by atoms with E-state index in [1.807, 2.05) is 17.9 Å². The SMILES string of the molecule is CCN(CCC#N)c1ccc([C@@H](C)O)cc1F. The number of rotatable bonds is 5. The molecule has 1 N–H and O–H groups in total. The molecule has 0 heterocycles. The highest BCUT2D eigenvalue weighted by Gasteiger charge is 2.11. The maximum atomic E-state index is 13.8. The number of nitriles is 1. The van der Waals surface area contributed by atoms with E-state index < -0.39 is 6.10 Å². The van der Waals surface area contributed by atoms with Gasteiger partial charge in [0.25, 0.3) is 0 Å². The van der Waals surface area contributed by atoms with E-state index in [4.69, 9.17) is 5.26 Å². The van der Waals surface area contributed by atoms with Crippen molar-refractivity contribution in [3.63, 3.8) is 0 Å². The molecule has 3 nitrogen and oxygen atoms in total. The quantitative estimate of drug-likeness (QED) is 0.854. The Balaban J connectivity index is 2.93. The lowest BCUT2D eigenvalue weighted by molar-refractivity contribution is 0.199. The molecule has 1 rings (SSSR count). The molecule has 0 bridgehead atoms. The molecule has 17 heavy (non-hydrogen) atoms. The van der Waals surface area contributed by atoms with Crippen LogP contribution in [0, 0.1) is 17.1 Å². The van der Waals surface area contributed by atoms with Gasteiger partial charge in [-0.25, -0.2) is 4.39 Å². The summed E-state index contributed by atoms with van der Waals surface area (Å²) in [6.45, 7) is 4.67. The molecule has 0 fully saturated rings. The summed E-state index contributed by atoms with van der Waals surface area (Å²) in [6, 6.07) is 6.75. The smallest absolute Gasteiger partial charge is 0.146 e. The normalized spacial score (nSPS) is 11.9. The van der Waals surface area contributed by atoms with Crippen molar-refractivity contribution in [1.82, 2.24) is 0 Å². The molecule has 0 saturated carbocycles. The van der Waals surface area contributed by atoms with Crippen LogP contribution >= 0.6 is 0 Å². The van der Waals surface area contributed by atoms with Crippen LogP contribution < -0.4 is 4.90 Å². The number of hydrogen-bond donors (Lipinski definition) is 1. The monoisotopic (exact) mass is 236 g/mol. The van der Waals surface area contributed by atoms with Gasteiger partial charge in [-0.2, -0.15) is 5.26 Å². The van der Waals surface area contributed by atoms with E-state index in [2.05, 4.69) is 0 Å². The number of hydrogen-bond acceptors (Lipinski definition) is 3. The lowest BCUT2D eigenvalue weighted by Crippen LogP contribution is -2.24. The van der Waals surface area contributed by atoms with E-state index in [0.717, 1.165) is 0 Å². The molecule has 92 valence electrons. The van der Waals surface area contributed by atoms with Gasteiger partial charge in [-0.15, -0.1) is 0 Å². The fraction of sp³-hybridized carbons (Fsp3) is 0.462. The van der Waals surface area contributed by atoms with E-state index in [9.17, 15) is 9.50 Å². The molecule has 4 heteroatoms. The fourth-order valence-electron chi connectivity index (χ4n) is 1.67. The Kier molecular flexibility index (Phi) is 4.92. The third-order valence-corrected chi connectivity index (χ3v) is 2.67. The van der Waals surface area contributed by atoms with Crippen LogP contribution in [0.15, 0.2) is 18.2 Å². The van der Waals surface area contributed by atoms with Gasteiger partial charge in [0.05, 0.1) is 24.3 Å². The van der Waals surface area contributed by atoms with Gasteiger partial charge in [-0.1, -0.05) is 6.07 Å². The van der Waals surface area contributed by atoms with Crippen LogP contribution in [0.5, 0.6) is 0 Å². The Labute approximate surface area is 101 Å². The molecule has 1 aromatic rings. The molecule has 0 spiro atoms. The Bertz CT molecular complexity index is 412. The molecule has 0 aliphatic rings. The fourth-order valence-corrected chi connectivity index (χ4v) is 1.67. The Morgan fingerprint density at radius 3 is 2.71 bits per heavy atom. The number of benzene rings is 1. The second-order valence-corrected chi connectivity index (χ2v) is 3.87. The van der Waals surface area contributed by atoms with Crippen molar-refractivity contribution in [2.75, 3.05) is 18.0 Å². The average Bonchev–Trinajstić information content (AvgIpc) is 2.31. The van der Waals surface area contributed by atoms with Crippen molar-refractivity contribution in [2.45, 2.75) is 26.4 Å². The molecule has 0 aromatic heterocycles. The van der Waals surface area contributed by atoms with Crippen LogP contribution in [0.3, 0.4) is 0 Å². The van der Waals surface area contributed by atoms with Crippen LogP contribution in [0.4, 0.5) is 10.1 Å². The third kappa shape index (κ3) is 3.43. The molecule has 0 aliphatic carbocycles. The first-order chi connectivity index (χ1) is 8.10. The molecule has 0 saturated heterocycles. The minimum Gasteiger partial charge on any atom is -0.389 e. The maximum absolute atomic E-state index is 13.8. The zero-order valence-electron chi connectivity index (χ0n) is 10.2. The van der Waals surface area contributed by atoms with Crippen molar-refractivity contribution >= 4 is 5.69 Å². The maximum Gasteiger partial charge on any atom is 0.146 e. The molecule has 1 atom stereocenters. The summed E-state index contributed by atoms with van der Waals surface area (Å²) in [5.74, 6) is -0.358. The van der Waals surface area contributed by atoms with E-state index in [0.29, 0.717) is 30.8 Å². The second kappa shape index (κ2) is 6.21. The van der Waals surface area contributed by atoms with Crippen molar-refractivity contribution in [2.24, 2.45) is 0 Å². The summed E-state index contributed by atoms with van der Waals surface area (Å²) in [4.78, 5) is 1.81. The highest BCUT2D eigenvalue weighted by atomic mass is 19.1. The molecule has 0 unspecified atom stereocenters. The highest BCUT2D eigenvalue weighted by molar-refractivity contribution is 5.49. The predicted molar refractivity (Wildman–Crippen MR) is 65.2 cm³/mol. The lowest BCUT2D eigenvalue weighted by atomic mass is 10.1. The molecule has 0 radical (unpaired) electrons. The first-order valence-corrected chi connectivity index (χ1v) is 5.69. The van der Waals surface area contributed by atoms with Gasteiger partial charge < -0.3 is 10.0 Å². The third-order valence-electron chi connectivity index (χ3n) is 2.67. The Morgan fingerprint density at radius 1 is 1.53 bits per heavy atom. The van der Waals surface area contributed by atoms with Gasteiger partial charge in [-0.05, 0) is 31.5 Å². The number of halogens is 1. The van der Waals surface area contributed by atoms with Crippen molar-refractivity contribution in [3.8, 4) is 6.07 Å². The number of aliphatic hydroxyl groups is 1. The largest absolute Gasteiger partial charge is 0.389 e. The Morgan fingerprint density at radius 2 is 2.24 bits per heavy atom. The van der Waals surface area contributed by atoms with Crippen LogP contribution in [-0.2, 0) is 0 Å². The highest BCUT2D eigenvalue weighted by Crippen LogP contribution is 2.23. The first kappa shape index (κ1) is 13.5. The predicted octanol–water partition coefficient (Wildman–Crippen LogP) is 2.62. The molecule has 1 aromatic carbocycles. The summed E-state index contributed by atoms with van der Waals surface area (Å²) >= 11 is 0. The Hall–Kier alpha value is -1.60. The second-order valence-electron chi connectivity index (χ2n) is 3.87. The van der Waals surface area contributed by atoms with E-state index in [1.165, 1.54) is 6.07 Å². The summed E-state index contributed by atoms with van der Waals surface area (Å²) < 4.78 is 13.8. The van der Waals surface area contributed by atoms with Crippen molar-refractivity contribution < 1.29 is 9.50 Å². The van der Waals surface area contributed by atoms with E-state index in [-0.39, 0.29) is 5.82 Å². The van der Waals surface area contributed by atoms with Crippen LogP contribution in [-0.4, -0.2) is 18.2 Å². The summed E-state index contributed by atoms with van der Waals surface area (Å²) in [6.07, 6.45) is -0.307. The van der Waals surface area contributed by atoms with E-state index >= 15 is 0 Å². The standard InChI is InChI=1S/C13H17FN2O/c1-3-16(8-4-7-15)13-6-5-11(10(2)17)9-12(13)14/h5-6,9-10,17H,3-4,8H2,1-2H3/t10-/m1/s1. The summed E-state index contributed by atoms with van der Waals surface area (Å²) in [5.41, 5.74) is 1.04. The van der Waals surface area contributed by atoms with Gasteiger partial charge in [0.1, 0.15) is 5.82 Å². The van der Waals surface area contributed by atoms with Crippen LogP contribution in [0.2, 0.25) is 0 Å². The summed E-state index contributed by atoms with van der Waals surface area (Å²) in [5, 5.41) is 17.9. The van der Waals surface area contributed by atoms with Gasteiger partial charge in [0.15, 0.2) is 0 Å². The van der Waals surface area contributed by atoms with E-state index in [1.54, 1.807) is 19.1 Å². The van der Waals surface area contributed by atoms with Gasteiger partial charge in [0, 0.05) is 13.1 Å². The minimum atomic E-state index is -0.673. The minimum absolute atomic E-state index is 0.358. The average molecular weight is 236 g/mol. The van der Waals surface area contributed by atoms with Crippen molar-refractivity contribution in [1.29, 1.82) is 5.26 Å². The van der Waals surface area contributed by atoms with Crippen LogP contribution in [0.25, 0.3) is 0 Å². The topological polar surface area (TPSA) is 47.3 Å². The molecule has 0 aliphatic heterocycles. The summed E-state index contributed by atoms with van der Waals surface area (Å²) in [7, 11) is 0. The number of nitrogens with zero attached hydrogens (tertiary/aromatic N) is 2. The molecule has 0 amide bonds.